The molecule has 0 spiro atoms. The highest BCUT2D eigenvalue weighted by Gasteiger charge is 2.41. The average molecular weight is 413 g/mol. The average Bonchev–Trinajstić information content (AvgIpc) is 2.75. The summed E-state index contributed by atoms with van der Waals surface area (Å²) in [6.07, 6.45) is -4.18. The third-order valence-corrected chi connectivity index (χ3v) is 5.21. The summed E-state index contributed by atoms with van der Waals surface area (Å²) < 4.78 is 45.0. The zero-order valence-electron chi connectivity index (χ0n) is 16.7. The number of anilines is 1. The summed E-state index contributed by atoms with van der Waals surface area (Å²) in [5.41, 5.74) is -0.412. The first-order valence-electron chi connectivity index (χ1n) is 9.50. The predicted molar refractivity (Wildman–Crippen MR) is 111 cm³/mol. The first-order chi connectivity index (χ1) is 14.3. The minimum absolute atomic E-state index is 0.0535. The second-order valence-corrected chi connectivity index (χ2v) is 6.86. The maximum absolute atomic E-state index is 13.6. The molecule has 3 aromatic carbocycles. The Labute approximate surface area is 173 Å². The number of benzene rings is 3. The summed E-state index contributed by atoms with van der Waals surface area (Å²) in [6, 6.07) is 22.0. The first-order valence-corrected chi connectivity index (χ1v) is 9.50. The standard InChI is InChI=1S/C24H22F3NO2/c1-3-23(17-10-6-4-7-11-17,18-12-8-5-9-13-18)22(29)28-19-14-15-21(30-2)20(16-19)24(25,26)27/h4-16H,3H2,1-2H3,(H,28,29). The van der Waals surface area contributed by atoms with Crippen LogP contribution in [0.4, 0.5) is 18.9 Å². The molecule has 0 saturated heterocycles. The lowest BCUT2D eigenvalue weighted by atomic mass is 9.71. The van der Waals surface area contributed by atoms with Crippen LogP contribution in [0.2, 0.25) is 0 Å². The van der Waals surface area contributed by atoms with Crippen molar-refractivity contribution in [2.24, 2.45) is 0 Å². The van der Waals surface area contributed by atoms with Gasteiger partial charge in [-0.15, -0.1) is 0 Å². The van der Waals surface area contributed by atoms with E-state index in [1.807, 2.05) is 67.6 Å². The number of nitrogens with one attached hydrogen (secondary N) is 1. The van der Waals surface area contributed by atoms with Gasteiger partial charge in [-0.1, -0.05) is 67.6 Å². The minimum Gasteiger partial charge on any atom is -0.496 e. The molecule has 1 N–H and O–H groups in total. The fourth-order valence-corrected chi connectivity index (χ4v) is 3.69. The van der Waals surface area contributed by atoms with E-state index >= 15 is 0 Å². The van der Waals surface area contributed by atoms with Gasteiger partial charge >= 0.3 is 6.18 Å². The van der Waals surface area contributed by atoms with Crippen molar-refractivity contribution >= 4 is 11.6 Å². The first kappa shape index (κ1) is 21.4. The molecule has 0 saturated carbocycles. The van der Waals surface area contributed by atoms with Crippen LogP contribution in [-0.2, 0) is 16.4 Å². The number of hydrogen-bond acceptors (Lipinski definition) is 2. The van der Waals surface area contributed by atoms with Crippen molar-refractivity contribution in [3.8, 4) is 5.75 Å². The maximum Gasteiger partial charge on any atom is 0.420 e. The van der Waals surface area contributed by atoms with Gasteiger partial charge in [0.25, 0.3) is 0 Å². The van der Waals surface area contributed by atoms with Crippen LogP contribution in [0.1, 0.15) is 30.0 Å². The van der Waals surface area contributed by atoms with E-state index in [2.05, 4.69) is 5.32 Å². The van der Waals surface area contributed by atoms with Crippen molar-refractivity contribution in [2.45, 2.75) is 24.9 Å². The molecule has 0 bridgehead atoms. The largest absolute Gasteiger partial charge is 0.496 e. The minimum atomic E-state index is -4.60. The van der Waals surface area contributed by atoms with Crippen LogP contribution in [-0.4, -0.2) is 13.0 Å². The van der Waals surface area contributed by atoms with Gasteiger partial charge in [0, 0.05) is 5.69 Å². The summed E-state index contributed by atoms with van der Waals surface area (Å²) in [7, 11) is 1.18. The van der Waals surface area contributed by atoms with Gasteiger partial charge in [0.05, 0.1) is 18.1 Å². The smallest absolute Gasteiger partial charge is 0.420 e. The zero-order chi connectivity index (χ0) is 21.8. The van der Waals surface area contributed by atoms with Gasteiger partial charge in [0.2, 0.25) is 5.91 Å². The molecule has 1 amide bonds. The van der Waals surface area contributed by atoms with Crippen LogP contribution in [0.5, 0.6) is 5.75 Å². The van der Waals surface area contributed by atoms with Crippen LogP contribution in [0, 0.1) is 0 Å². The van der Waals surface area contributed by atoms with E-state index in [1.165, 1.54) is 19.2 Å². The Balaban J connectivity index is 2.08. The van der Waals surface area contributed by atoms with Crippen molar-refractivity contribution in [1.29, 1.82) is 0 Å². The predicted octanol–water partition coefficient (Wildman–Crippen LogP) is 6.05. The van der Waals surface area contributed by atoms with Crippen LogP contribution < -0.4 is 10.1 Å². The molecule has 0 heterocycles. The summed E-state index contributed by atoms with van der Waals surface area (Å²) >= 11 is 0. The normalized spacial score (nSPS) is 11.8. The summed E-state index contributed by atoms with van der Waals surface area (Å²) in [5.74, 6) is -0.700. The Morgan fingerprint density at radius 1 is 0.900 bits per heavy atom. The third kappa shape index (κ3) is 4.03. The molecule has 3 nitrogen and oxygen atoms in total. The van der Waals surface area contributed by atoms with Gasteiger partial charge < -0.3 is 10.1 Å². The highest BCUT2D eigenvalue weighted by atomic mass is 19.4. The van der Waals surface area contributed by atoms with E-state index in [9.17, 15) is 18.0 Å². The number of alkyl halides is 3. The molecule has 0 radical (unpaired) electrons. The van der Waals surface area contributed by atoms with E-state index in [1.54, 1.807) is 0 Å². The number of halogens is 3. The second kappa shape index (κ2) is 8.61. The molecular formula is C24H22F3NO2. The Kier molecular flexibility index (Phi) is 6.15. The highest BCUT2D eigenvalue weighted by Crippen LogP contribution is 2.40. The van der Waals surface area contributed by atoms with Gasteiger partial charge in [-0.2, -0.15) is 13.2 Å². The number of ether oxygens (including phenoxy) is 1. The zero-order valence-corrected chi connectivity index (χ0v) is 16.7. The van der Waals surface area contributed by atoms with E-state index in [4.69, 9.17) is 4.74 Å². The van der Waals surface area contributed by atoms with E-state index in [0.717, 1.165) is 17.2 Å². The molecule has 0 fully saturated rings. The molecule has 0 aliphatic heterocycles. The maximum atomic E-state index is 13.6. The molecule has 156 valence electrons. The number of rotatable bonds is 6. The van der Waals surface area contributed by atoms with Crippen molar-refractivity contribution in [3.63, 3.8) is 0 Å². The molecule has 0 aliphatic rings. The van der Waals surface area contributed by atoms with Crippen LogP contribution >= 0.6 is 0 Å². The van der Waals surface area contributed by atoms with Gasteiger partial charge in [-0.25, -0.2) is 0 Å². The van der Waals surface area contributed by atoms with Gasteiger partial charge in [-0.3, -0.25) is 4.79 Å². The van der Waals surface area contributed by atoms with Gasteiger partial charge in [-0.05, 0) is 35.7 Å². The summed E-state index contributed by atoms with van der Waals surface area (Å²) in [5, 5.41) is 2.70. The molecule has 3 aromatic rings. The van der Waals surface area contributed by atoms with E-state index in [0.29, 0.717) is 6.42 Å². The van der Waals surface area contributed by atoms with Crippen molar-refractivity contribution < 1.29 is 22.7 Å². The molecule has 0 unspecified atom stereocenters. The number of hydrogen-bond donors (Lipinski definition) is 1. The van der Waals surface area contributed by atoms with Crippen molar-refractivity contribution in [3.05, 3.63) is 95.6 Å². The highest BCUT2D eigenvalue weighted by molar-refractivity contribution is 6.02. The monoisotopic (exact) mass is 413 g/mol. The van der Waals surface area contributed by atoms with Crippen LogP contribution in [0.25, 0.3) is 0 Å². The molecule has 0 atom stereocenters. The van der Waals surface area contributed by atoms with Crippen molar-refractivity contribution in [2.75, 3.05) is 12.4 Å². The van der Waals surface area contributed by atoms with Gasteiger partial charge in [0.1, 0.15) is 5.75 Å². The number of methoxy groups -OCH3 is 1. The van der Waals surface area contributed by atoms with Crippen molar-refractivity contribution in [1.82, 2.24) is 0 Å². The lowest BCUT2D eigenvalue weighted by Gasteiger charge is -2.33. The molecule has 3 rings (SSSR count). The lowest BCUT2D eigenvalue weighted by molar-refractivity contribution is -0.138. The second-order valence-electron chi connectivity index (χ2n) is 6.86. The summed E-state index contributed by atoms with van der Waals surface area (Å²) in [4.78, 5) is 13.6. The Hall–Kier alpha value is -3.28. The SMILES string of the molecule is CCC(C(=O)Nc1ccc(OC)c(C(F)(F)F)c1)(c1ccccc1)c1ccccc1. The quantitative estimate of drug-likeness (QED) is 0.534. The topological polar surface area (TPSA) is 38.3 Å². The molecule has 0 aromatic heterocycles. The molecule has 6 heteroatoms. The van der Waals surface area contributed by atoms with Gasteiger partial charge in [0.15, 0.2) is 0 Å². The Morgan fingerprint density at radius 2 is 1.43 bits per heavy atom. The molecular weight excluding hydrogens is 391 g/mol. The van der Waals surface area contributed by atoms with E-state index < -0.39 is 23.1 Å². The van der Waals surface area contributed by atoms with Crippen LogP contribution in [0.3, 0.4) is 0 Å². The third-order valence-electron chi connectivity index (χ3n) is 5.21. The number of carbonyl (C=O) groups excluding carboxylic acids is 1. The fraction of sp³-hybridized carbons (Fsp3) is 0.208. The van der Waals surface area contributed by atoms with Crippen LogP contribution in [0.15, 0.2) is 78.9 Å². The van der Waals surface area contributed by atoms with E-state index in [-0.39, 0.29) is 11.4 Å². The fourth-order valence-electron chi connectivity index (χ4n) is 3.69. The number of carbonyl (C=O) groups is 1. The summed E-state index contributed by atoms with van der Waals surface area (Å²) in [6.45, 7) is 1.88. The molecule has 0 aliphatic carbocycles. The molecule has 30 heavy (non-hydrogen) atoms. The Morgan fingerprint density at radius 3 is 1.87 bits per heavy atom. The lowest BCUT2D eigenvalue weighted by Crippen LogP contribution is -2.41. The Bertz CT molecular complexity index is 962. The number of amides is 1.